The first-order valence-corrected chi connectivity index (χ1v) is 13.5. The minimum absolute atomic E-state index is 0.0991. The number of sulfonamides is 1. The van der Waals surface area contributed by atoms with Gasteiger partial charge in [-0.05, 0) is 76.4 Å². The van der Waals surface area contributed by atoms with E-state index in [4.69, 9.17) is 4.74 Å². The number of hydrogen-bond donors (Lipinski definition) is 1. The number of carbonyl (C=O) groups is 1. The summed E-state index contributed by atoms with van der Waals surface area (Å²) in [5, 5.41) is 11.2. The summed E-state index contributed by atoms with van der Waals surface area (Å²) in [4.78, 5) is 13.0. The zero-order valence-electron chi connectivity index (χ0n) is 20.6. The summed E-state index contributed by atoms with van der Waals surface area (Å²) in [6, 6.07) is 12.6. The van der Waals surface area contributed by atoms with Gasteiger partial charge in [-0.1, -0.05) is 17.3 Å². The van der Waals surface area contributed by atoms with E-state index in [2.05, 4.69) is 15.6 Å². The number of rotatable bonds is 8. The number of aromatic nitrogens is 3. The summed E-state index contributed by atoms with van der Waals surface area (Å²) in [6.07, 6.45) is 1.38. The Balaban J connectivity index is 1.40. The molecule has 3 aromatic rings. The van der Waals surface area contributed by atoms with Gasteiger partial charge in [-0.2, -0.15) is 4.31 Å². The van der Waals surface area contributed by atoms with Gasteiger partial charge in [-0.15, -0.1) is 5.10 Å². The summed E-state index contributed by atoms with van der Waals surface area (Å²) in [6.45, 7) is 8.86. The molecule has 1 aromatic heterocycles. The van der Waals surface area contributed by atoms with Crippen molar-refractivity contribution in [2.24, 2.45) is 5.92 Å². The summed E-state index contributed by atoms with van der Waals surface area (Å²) >= 11 is 0. The minimum Gasteiger partial charge on any atom is -0.491 e. The van der Waals surface area contributed by atoms with Crippen LogP contribution in [0, 0.1) is 5.92 Å². The van der Waals surface area contributed by atoms with Gasteiger partial charge in [-0.25, -0.2) is 13.1 Å². The van der Waals surface area contributed by atoms with Gasteiger partial charge < -0.3 is 10.1 Å². The van der Waals surface area contributed by atoms with Crippen LogP contribution in [0.5, 0.6) is 5.75 Å². The molecule has 4 rings (SSSR count). The monoisotopic (exact) mass is 499 g/mol. The maximum absolute atomic E-state index is 13.4. The molecule has 0 radical (unpaired) electrons. The van der Waals surface area contributed by atoms with Crippen LogP contribution in [0.3, 0.4) is 0 Å². The number of amides is 1. The Hall–Kier alpha value is -2.98. The van der Waals surface area contributed by atoms with Crippen LogP contribution in [-0.2, 0) is 21.4 Å². The highest BCUT2D eigenvalue weighted by molar-refractivity contribution is 7.89. The zero-order chi connectivity index (χ0) is 25.2. The molecule has 10 heteroatoms. The third-order valence-corrected chi connectivity index (χ3v) is 7.95. The summed E-state index contributed by atoms with van der Waals surface area (Å²) in [7, 11) is -3.75. The molecule has 35 heavy (non-hydrogen) atoms. The summed E-state index contributed by atoms with van der Waals surface area (Å²) in [5.74, 6) is 0.253. The van der Waals surface area contributed by atoms with Gasteiger partial charge in [0.05, 0.1) is 22.4 Å². The Morgan fingerprint density at radius 1 is 1.14 bits per heavy atom. The highest BCUT2D eigenvalue weighted by atomic mass is 32.2. The molecule has 0 bridgehead atoms. The molecule has 0 spiro atoms. The van der Waals surface area contributed by atoms with E-state index in [1.54, 1.807) is 22.9 Å². The van der Waals surface area contributed by atoms with Crippen molar-refractivity contribution >= 4 is 27.0 Å². The van der Waals surface area contributed by atoms with E-state index in [1.165, 1.54) is 4.31 Å². The second-order valence-electron chi connectivity index (χ2n) is 9.51. The Labute approximate surface area is 206 Å². The molecule has 1 saturated heterocycles. The second-order valence-corrected chi connectivity index (χ2v) is 11.4. The van der Waals surface area contributed by atoms with Gasteiger partial charge in [0.2, 0.25) is 15.9 Å². The van der Waals surface area contributed by atoms with Crippen LogP contribution >= 0.6 is 0 Å². The number of piperidine rings is 1. The normalized spacial score (nSPS) is 17.3. The zero-order valence-corrected chi connectivity index (χ0v) is 21.5. The Morgan fingerprint density at radius 2 is 1.89 bits per heavy atom. The third kappa shape index (κ3) is 5.65. The molecule has 1 atom stereocenters. The van der Waals surface area contributed by atoms with Gasteiger partial charge in [0.1, 0.15) is 11.3 Å². The Morgan fingerprint density at radius 3 is 2.57 bits per heavy atom. The molecular weight excluding hydrogens is 466 g/mol. The van der Waals surface area contributed by atoms with Crippen molar-refractivity contribution in [2.45, 2.75) is 64.1 Å². The fourth-order valence-corrected chi connectivity index (χ4v) is 5.82. The predicted molar refractivity (Wildman–Crippen MR) is 133 cm³/mol. The lowest BCUT2D eigenvalue weighted by Gasteiger charge is -2.31. The van der Waals surface area contributed by atoms with Crippen LogP contribution in [0.15, 0.2) is 47.4 Å². The molecule has 1 amide bonds. The first-order valence-electron chi connectivity index (χ1n) is 12.0. The highest BCUT2D eigenvalue weighted by Gasteiger charge is 2.33. The SMILES string of the molecule is CC(C)Oc1ccc(CNC(=O)[C@H]2CCCN(S(=O)(=O)c3ccc4c(c3)nnn4C(C)C)C2)cc1. The number of ether oxygens (including phenoxy) is 1. The molecule has 0 unspecified atom stereocenters. The molecule has 0 aliphatic carbocycles. The van der Waals surface area contributed by atoms with Crippen molar-refractivity contribution in [3.63, 3.8) is 0 Å². The van der Waals surface area contributed by atoms with E-state index in [1.807, 2.05) is 52.0 Å². The molecule has 1 N–H and O–H groups in total. The van der Waals surface area contributed by atoms with Crippen molar-refractivity contribution in [3.05, 3.63) is 48.0 Å². The molecular formula is C25H33N5O4S. The smallest absolute Gasteiger partial charge is 0.243 e. The van der Waals surface area contributed by atoms with E-state index in [0.717, 1.165) is 16.8 Å². The van der Waals surface area contributed by atoms with Crippen molar-refractivity contribution in [1.29, 1.82) is 0 Å². The summed E-state index contributed by atoms with van der Waals surface area (Å²) < 4.78 is 35.5. The fourth-order valence-electron chi connectivity index (χ4n) is 4.28. The Kier molecular flexibility index (Phi) is 7.42. The van der Waals surface area contributed by atoms with Crippen LogP contribution in [0.2, 0.25) is 0 Å². The number of hydrogen-bond acceptors (Lipinski definition) is 6. The molecule has 1 aliphatic heterocycles. The highest BCUT2D eigenvalue weighted by Crippen LogP contribution is 2.26. The lowest BCUT2D eigenvalue weighted by Crippen LogP contribution is -2.45. The van der Waals surface area contributed by atoms with Gasteiger partial charge in [-0.3, -0.25) is 4.79 Å². The molecule has 1 fully saturated rings. The van der Waals surface area contributed by atoms with Crippen LogP contribution in [0.4, 0.5) is 0 Å². The van der Waals surface area contributed by atoms with Gasteiger partial charge in [0.15, 0.2) is 0 Å². The molecule has 188 valence electrons. The molecule has 9 nitrogen and oxygen atoms in total. The van der Waals surface area contributed by atoms with E-state index < -0.39 is 15.9 Å². The van der Waals surface area contributed by atoms with E-state index in [0.29, 0.717) is 31.4 Å². The predicted octanol–water partition coefficient (Wildman–Crippen LogP) is 3.52. The minimum atomic E-state index is -3.75. The molecule has 0 saturated carbocycles. The maximum Gasteiger partial charge on any atom is 0.243 e. The third-order valence-electron chi connectivity index (χ3n) is 6.09. The van der Waals surface area contributed by atoms with Gasteiger partial charge in [0.25, 0.3) is 0 Å². The standard InChI is InChI=1S/C25H33N5O4S/c1-17(2)30-24-12-11-22(14-23(24)27-28-30)35(32,33)29-13-5-6-20(16-29)25(31)26-15-19-7-9-21(10-8-19)34-18(3)4/h7-12,14,17-18,20H,5-6,13,15-16H2,1-4H3,(H,26,31)/t20-/m0/s1. The first-order chi connectivity index (χ1) is 16.6. The van der Waals surface area contributed by atoms with Crippen molar-refractivity contribution in [1.82, 2.24) is 24.6 Å². The summed E-state index contributed by atoms with van der Waals surface area (Å²) in [5.41, 5.74) is 2.28. The van der Waals surface area contributed by atoms with Crippen molar-refractivity contribution in [3.8, 4) is 5.75 Å². The number of fused-ring (bicyclic) bond motifs is 1. The molecule has 2 heterocycles. The lowest BCUT2D eigenvalue weighted by molar-refractivity contribution is -0.126. The largest absolute Gasteiger partial charge is 0.491 e. The van der Waals surface area contributed by atoms with E-state index in [-0.39, 0.29) is 29.5 Å². The average molecular weight is 500 g/mol. The van der Waals surface area contributed by atoms with Crippen molar-refractivity contribution in [2.75, 3.05) is 13.1 Å². The fraction of sp³-hybridized carbons (Fsp3) is 0.480. The number of benzene rings is 2. The van der Waals surface area contributed by atoms with Crippen LogP contribution in [0.25, 0.3) is 11.0 Å². The maximum atomic E-state index is 13.4. The number of nitrogens with zero attached hydrogens (tertiary/aromatic N) is 4. The number of carbonyl (C=O) groups excluding carboxylic acids is 1. The second kappa shape index (κ2) is 10.3. The number of nitrogens with one attached hydrogen (secondary N) is 1. The molecule has 2 aromatic carbocycles. The molecule has 1 aliphatic rings. The Bertz CT molecular complexity index is 1280. The van der Waals surface area contributed by atoms with Crippen molar-refractivity contribution < 1.29 is 17.9 Å². The van der Waals surface area contributed by atoms with E-state index in [9.17, 15) is 13.2 Å². The van der Waals surface area contributed by atoms with Gasteiger partial charge >= 0.3 is 0 Å². The van der Waals surface area contributed by atoms with E-state index >= 15 is 0 Å². The van der Waals surface area contributed by atoms with Crippen LogP contribution in [-0.4, -0.2) is 52.8 Å². The van der Waals surface area contributed by atoms with Crippen LogP contribution in [0.1, 0.15) is 52.1 Å². The topological polar surface area (TPSA) is 106 Å². The quantitative estimate of drug-likeness (QED) is 0.508. The average Bonchev–Trinajstić information content (AvgIpc) is 3.27. The van der Waals surface area contributed by atoms with Gasteiger partial charge in [0, 0.05) is 25.7 Å². The van der Waals surface area contributed by atoms with Crippen LogP contribution < -0.4 is 10.1 Å². The first kappa shape index (κ1) is 25.1. The lowest BCUT2D eigenvalue weighted by atomic mass is 9.99.